The van der Waals surface area contributed by atoms with E-state index >= 15 is 0 Å². The first-order valence-corrected chi connectivity index (χ1v) is 7.01. The maximum atomic E-state index is 11.2. The highest BCUT2D eigenvalue weighted by molar-refractivity contribution is 9.10. The Morgan fingerprint density at radius 2 is 2.22 bits per heavy atom. The van der Waals surface area contributed by atoms with Crippen molar-refractivity contribution in [2.24, 2.45) is 0 Å². The molecule has 0 aliphatic heterocycles. The van der Waals surface area contributed by atoms with Crippen LogP contribution in [-0.4, -0.2) is 18.1 Å². The minimum Gasteiger partial charge on any atom is -0.478 e. The Morgan fingerprint density at radius 3 is 2.83 bits per heavy atom. The molecule has 1 aromatic heterocycles. The largest absolute Gasteiger partial charge is 0.478 e. The lowest BCUT2D eigenvalue weighted by Gasteiger charge is -2.20. The first kappa shape index (κ1) is 13.1. The van der Waals surface area contributed by atoms with Crippen LogP contribution in [0.25, 0.3) is 0 Å². The van der Waals surface area contributed by atoms with Crippen molar-refractivity contribution in [2.45, 2.75) is 6.54 Å². The zero-order valence-electron chi connectivity index (χ0n) is 9.76. The smallest absolute Gasteiger partial charge is 0.337 e. The number of halogens is 1. The van der Waals surface area contributed by atoms with Crippen molar-refractivity contribution in [3.8, 4) is 0 Å². The zero-order valence-corrected chi connectivity index (χ0v) is 12.2. The minimum atomic E-state index is -0.907. The van der Waals surface area contributed by atoms with Gasteiger partial charge in [-0.1, -0.05) is 22.0 Å². The fraction of sp³-hybridized carbons (Fsp3) is 0.154. The molecule has 18 heavy (non-hydrogen) atoms. The summed E-state index contributed by atoms with van der Waals surface area (Å²) in [6.45, 7) is 0.703. The van der Waals surface area contributed by atoms with Crippen LogP contribution in [0.15, 0.2) is 40.2 Å². The normalized spacial score (nSPS) is 10.3. The summed E-state index contributed by atoms with van der Waals surface area (Å²) in [5, 5.41) is 11.2. The monoisotopic (exact) mass is 325 g/mol. The van der Waals surface area contributed by atoms with Crippen molar-refractivity contribution in [2.75, 3.05) is 11.9 Å². The molecule has 2 aromatic rings. The van der Waals surface area contributed by atoms with Gasteiger partial charge in [-0.15, -0.1) is 11.3 Å². The summed E-state index contributed by atoms with van der Waals surface area (Å²) >= 11 is 5.04. The molecule has 0 bridgehead atoms. The summed E-state index contributed by atoms with van der Waals surface area (Å²) < 4.78 is 0.875. The van der Waals surface area contributed by atoms with Gasteiger partial charge in [0.25, 0.3) is 0 Å². The summed E-state index contributed by atoms with van der Waals surface area (Å²) in [7, 11) is 1.90. The number of hydrogen-bond donors (Lipinski definition) is 1. The Labute approximate surface area is 118 Å². The molecular formula is C13H12BrNO2S. The van der Waals surface area contributed by atoms with E-state index in [0.29, 0.717) is 17.8 Å². The first-order chi connectivity index (χ1) is 8.58. The lowest BCUT2D eigenvalue weighted by atomic mass is 10.1. The van der Waals surface area contributed by atoms with Crippen molar-refractivity contribution in [1.29, 1.82) is 0 Å². The van der Waals surface area contributed by atoms with Crippen LogP contribution < -0.4 is 4.90 Å². The van der Waals surface area contributed by atoms with Crippen LogP contribution in [0.2, 0.25) is 0 Å². The highest BCUT2D eigenvalue weighted by Crippen LogP contribution is 2.26. The lowest BCUT2D eigenvalue weighted by Crippen LogP contribution is -2.18. The summed E-state index contributed by atoms with van der Waals surface area (Å²) in [5.41, 5.74) is 1.03. The summed E-state index contributed by atoms with van der Waals surface area (Å²) in [6, 6.07) is 9.22. The molecular weight excluding hydrogens is 314 g/mol. The van der Waals surface area contributed by atoms with Crippen molar-refractivity contribution < 1.29 is 9.90 Å². The number of aromatic carboxylic acids is 1. The third-order valence-corrected chi connectivity index (χ3v) is 3.93. The number of nitrogens with zero attached hydrogens (tertiary/aromatic N) is 1. The Kier molecular flexibility index (Phi) is 4.04. The summed E-state index contributed by atoms with van der Waals surface area (Å²) in [6.07, 6.45) is 0. The van der Waals surface area contributed by atoms with Crippen molar-refractivity contribution in [3.63, 3.8) is 0 Å². The molecule has 0 unspecified atom stereocenters. The molecule has 2 rings (SSSR count). The van der Waals surface area contributed by atoms with Crippen molar-refractivity contribution in [3.05, 3.63) is 50.6 Å². The van der Waals surface area contributed by atoms with Gasteiger partial charge in [0.05, 0.1) is 17.8 Å². The number of anilines is 1. The van der Waals surface area contributed by atoms with Crippen LogP contribution in [0.4, 0.5) is 5.69 Å². The van der Waals surface area contributed by atoms with Gasteiger partial charge in [0.15, 0.2) is 0 Å². The third kappa shape index (κ3) is 2.91. The van der Waals surface area contributed by atoms with E-state index in [4.69, 9.17) is 0 Å². The minimum absolute atomic E-state index is 0.317. The molecule has 0 saturated heterocycles. The van der Waals surface area contributed by atoms with Crippen LogP contribution in [-0.2, 0) is 6.54 Å². The molecule has 0 aliphatic carbocycles. The number of carbonyl (C=O) groups is 1. The molecule has 5 heteroatoms. The number of benzene rings is 1. The number of rotatable bonds is 4. The van der Waals surface area contributed by atoms with Gasteiger partial charge < -0.3 is 10.0 Å². The van der Waals surface area contributed by atoms with Gasteiger partial charge in [0.1, 0.15) is 0 Å². The quantitative estimate of drug-likeness (QED) is 0.928. The van der Waals surface area contributed by atoms with E-state index in [2.05, 4.69) is 15.9 Å². The zero-order chi connectivity index (χ0) is 13.1. The molecule has 3 nitrogen and oxygen atoms in total. The van der Waals surface area contributed by atoms with Gasteiger partial charge in [-0.05, 0) is 29.6 Å². The standard InChI is InChI=1S/C13H12BrNO2S/c1-15(8-10-3-2-6-18-10)12-7-9(14)4-5-11(12)13(16)17/h2-7H,8H2,1H3,(H,16,17). The molecule has 94 valence electrons. The average molecular weight is 326 g/mol. The second-order valence-corrected chi connectivity index (χ2v) is 5.85. The van der Waals surface area contributed by atoms with Crippen LogP contribution >= 0.6 is 27.3 Å². The second kappa shape index (κ2) is 5.54. The maximum absolute atomic E-state index is 11.2. The molecule has 0 atom stereocenters. The third-order valence-electron chi connectivity index (χ3n) is 2.57. The highest BCUT2D eigenvalue weighted by atomic mass is 79.9. The first-order valence-electron chi connectivity index (χ1n) is 5.34. The number of carboxylic acids is 1. The molecule has 0 amide bonds. The molecule has 1 aromatic carbocycles. The van der Waals surface area contributed by atoms with Gasteiger partial charge in [-0.2, -0.15) is 0 Å². The van der Waals surface area contributed by atoms with Crippen LogP contribution in [0.3, 0.4) is 0 Å². The maximum Gasteiger partial charge on any atom is 0.337 e. The van der Waals surface area contributed by atoms with E-state index in [0.717, 1.165) is 4.47 Å². The van der Waals surface area contributed by atoms with Gasteiger partial charge in [-0.3, -0.25) is 0 Å². The van der Waals surface area contributed by atoms with E-state index in [-0.39, 0.29) is 0 Å². The Bertz CT molecular complexity index is 554. The van der Waals surface area contributed by atoms with Gasteiger partial charge in [0, 0.05) is 16.4 Å². The van der Waals surface area contributed by atoms with E-state index < -0.39 is 5.97 Å². The van der Waals surface area contributed by atoms with Crippen LogP contribution in [0, 0.1) is 0 Å². The van der Waals surface area contributed by atoms with E-state index in [1.165, 1.54) is 4.88 Å². The molecule has 1 heterocycles. The van der Waals surface area contributed by atoms with Gasteiger partial charge >= 0.3 is 5.97 Å². The highest BCUT2D eigenvalue weighted by Gasteiger charge is 2.14. The summed E-state index contributed by atoms with van der Waals surface area (Å²) in [5.74, 6) is -0.907. The second-order valence-electron chi connectivity index (χ2n) is 3.90. The topological polar surface area (TPSA) is 40.5 Å². The predicted octanol–water partition coefficient (Wildman–Crippen LogP) is 3.85. The molecule has 0 spiro atoms. The molecule has 0 radical (unpaired) electrons. The van der Waals surface area contributed by atoms with E-state index in [1.54, 1.807) is 23.5 Å². The SMILES string of the molecule is CN(Cc1cccs1)c1cc(Br)ccc1C(=O)O. The molecule has 0 fully saturated rings. The number of hydrogen-bond acceptors (Lipinski definition) is 3. The van der Waals surface area contributed by atoms with Gasteiger partial charge in [-0.25, -0.2) is 4.79 Å². The van der Waals surface area contributed by atoms with E-state index in [1.807, 2.05) is 35.5 Å². The average Bonchev–Trinajstić information content (AvgIpc) is 2.81. The Hall–Kier alpha value is -1.33. The fourth-order valence-corrected chi connectivity index (χ4v) is 2.83. The number of carboxylic acid groups (broad SMARTS) is 1. The van der Waals surface area contributed by atoms with E-state index in [9.17, 15) is 9.90 Å². The Balaban J connectivity index is 2.31. The van der Waals surface area contributed by atoms with Crippen LogP contribution in [0.5, 0.6) is 0 Å². The van der Waals surface area contributed by atoms with Crippen LogP contribution in [0.1, 0.15) is 15.2 Å². The lowest BCUT2D eigenvalue weighted by molar-refractivity contribution is 0.0697. The summed E-state index contributed by atoms with van der Waals surface area (Å²) in [4.78, 5) is 14.3. The predicted molar refractivity (Wildman–Crippen MR) is 77.5 cm³/mol. The van der Waals surface area contributed by atoms with Gasteiger partial charge in [0.2, 0.25) is 0 Å². The molecule has 0 saturated carbocycles. The van der Waals surface area contributed by atoms with Crippen molar-refractivity contribution in [1.82, 2.24) is 0 Å². The fourth-order valence-electron chi connectivity index (χ4n) is 1.72. The Morgan fingerprint density at radius 1 is 1.44 bits per heavy atom. The van der Waals surface area contributed by atoms with Crippen molar-refractivity contribution >= 4 is 38.9 Å². The molecule has 1 N–H and O–H groups in total. The number of thiophene rings is 1. The molecule has 0 aliphatic rings.